The van der Waals surface area contributed by atoms with Crippen LogP contribution in [0.25, 0.3) is 0 Å². The van der Waals surface area contributed by atoms with Crippen molar-refractivity contribution in [3.05, 3.63) is 0 Å². The van der Waals surface area contributed by atoms with Gasteiger partial charge in [0, 0.05) is 25.2 Å². The molecule has 3 heteroatoms. The summed E-state index contributed by atoms with van der Waals surface area (Å²) in [6, 6.07) is 0. The molecule has 2 aliphatic rings. The quantitative estimate of drug-likeness (QED) is 0.838. The molecule has 1 heterocycles. The first-order valence-corrected chi connectivity index (χ1v) is 7.80. The van der Waals surface area contributed by atoms with Crippen molar-refractivity contribution >= 4 is 0 Å². The molecule has 0 aromatic rings. The fourth-order valence-electron chi connectivity index (χ4n) is 3.59. The van der Waals surface area contributed by atoms with Crippen LogP contribution in [0.3, 0.4) is 0 Å². The van der Waals surface area contributed by atoms with Crippen molar-refractivity contribution in [3.8, 4) is 0 Å². The Morgan fingerprint density at radius 3 is 2.33 bits per heavy atom. The predicted octanol–water partition coefficient (Wildman–Crippen LogP) is 2.54. The molecule has 1 unspecified atom stereocenters. The minimum Gasteiger partial charge on any atom is -0.377 e. The van der Waals surface area contributed by atoms with Gasteiger partial charge < -0.3 is 10.5 Å². The molecule has 3 nitrogen and oxygen atoms in total. The number of hydrogen-bond acceptors (Lipinski definition) is 3. The van der Waals surface area contributed by atoms with Crippen LogP contribution in [0.15, 0.2) is 0 Å². The molecule has 1 saturated heterocycles. The maximum atomic E-state index is 6.15. The van der Waals surface area contributed by atoms with Gasteiger partial charge in [-0.15, -0.1) is 0 Å². The highest BCUT2D eigenvalue weighted by Gasteiger charge is 2.34. The Hall–Kier alpha value is -0.120. The van der Waals surface area contributed by atoms with Crippen LogP contribution < -0.4 is 5.73 Å². The predicted molar refractivity (Wildman–Crippen MR) is 75.7 cm³/mol. The molecule has 1 aliphatic heterocycles. The summed E-state index contributed by atoms with van der Waals surface area (Å²) >= 11 is 0. The van der Waals surface area contributed by atoms with Crippen molar-refractivity contribution in [3.63, 3.8) is 0 Å². The number of nitrogens with zero attached hydrogens (tertiary/aromatic N) is 1. The van der Waals surface area contributed by atoms with E-state index in [2.05, 4.69) is 11.9 Å². The molecule has 1 saturated carbocycles. The van der Waals surface area contributed by atoms with Crippen LogP contribution in [-0.2, 0) is 4.74 Å². The van der Waals surface area contributed by atoms with E-state index >= 15 is 0 Å². The van der Waals surface area contributed by atoms with Gasteiger partial charge in [-0.2, -0.15) is 0 Å². The van der Waals surface area contributed by atoms with Gasteiger partial charge in [-0.3, -0.25) is 4.90 Å². The van der Waals surface area contributed by atoms with E-state index < -0.39 is 0 Å². The zero-order valence-corrected chi connectivity index (χ0v) is 12.0. The molecule has 1 atom stereocenters. The zero-order chi connectivity index (χ0) is 12.8. The number of hydrogen-bond donors (Lipinski definition) is 1. The monoisotopic (exact) mass is 254 g/mol. The lowest BCUT2D eigenvalue weighted by Gasteiger charge is -2.43. The number of nitrogens with two attached hydrogens (primary N) is 1. The summed E-state index contributed by atoms with van der Waals surface area (Å²) in [7, 11) is 2.26. The maximum Gasteiger partial charge on any atom is 0.0702 e. The second-order valence-corrected chi connectivity index (χ2v) is 6.21. The van der Waals surface area contributed by atoms with Crippen molar-refractivity contribution in [1.82, 2.24) is 4.90 Å². The van der Waals surface area contributed by atoms with E-state index in [-0.39, 0.29) is 5.54 Å². The van der Waals surface area contributed by atoms with Gasteiger partial charge in [-0.1, -0.05) is 32.1 Å². The molecule has 0 radical (unpaired) electrons. The van der Waals surface area contributed by atoms with Gasteiger partial charge in [0.05, 0.1) is 6.10 Å². The Bertz CT molecular complexity index is 231. The molecule has 18 heavy (non-hydrogen) atoms. The summed E-state index contributed by atoms with van der Waals surface area (Å²) in [4.78, 5) is 2.52. The summed E-state index contributed by atoms with van der Waals surface area (Å²) in [5, 5.41) is 0. The molecule has 0 bridgehead atoms. The average molecular weight is 254 g/mol. The maximum absolute atomic E-state index is 6.15. The third kappa shape index (κ3) is 3.46. The Morgan fingerprint density at radius 1 is 1.11 bits per heavy atom. The van der Waals surface area contributed by atoms with E-state index in [1.807, 2.05) is 0 Å². The standard InChI is InChI=1S/C15H30N2O/c1-17(12-14-8-7-11-18-14)15(13-16)9-5-3-2-4-6-10-15/h14H,2-13,16H2,1H3. The van der Waals surface area contributed by atoms with Gasteiger partial charge >= 0.3 is 0 Å². The first-order chi connectivity index (χ1) is 8.77. The van der Waals surface area contributed by atoms with E-state index in [4.69, 9.17) is 10.5 Å². The van der Waals surface area contributed by atoms with Gasteiger partial charge in [0.1, 0.15) is 0 Å². The van der Waals surface area contributed by atoms with Crippen LogP contribution in [0.1, 0.15) is 57.8 Å². The number of ether oxygens (including phenoxy) is 1. The molecule has 2 fully saturated rings. The molecule has 0 spiro atoms. The fourth-order valence-corrected chi connectivity index (χ4v) is 3.59. The molecular weight excluding hydrogens is 224 g/mol. The van der Waals surface area contributed by atoms with Gasteiger partial charge in [0.25, 0.3) is 0 Å². The fraction of sp³-hybridized carbons (Fsp3) is 1.00. The second-order valence-electron chi connectivity index (χ2n) is 6.21. The van der Waals surface area contributed by atoms with Crippen LogP contribution in [0, 0.1) is 0 Å². The van der Waals surface area contributed by atoms with Gasteiger partial charge in [-0.05, 0) is 32.7 Å². The highest BCUT2D eigenvalue weighted by Crippen LogP contribution is 2.31. The Kier molecular flexibility index (Phi) is 5.46. The summed E-state index contributed by atoms with van der Waals surface area (Å²) in [6.45, 7) is 2.82. The van der Waals surface area contributed by atoms with Crippen molar-refractivity contribution in [2.24, 2.45) is 5.73 Å². The molecule has 2 rings (SSSR count). The van der Waals surface area contributed by atoms with Gasteiger partial charge in [0.2, 0.25) is 0 Å². The first kappa shape index (κ1) is 14.3. The molecule has 0 aromatic heterocycles. The molecule has 106 valence electrons. The largest absolute Gasteiger partial charge is 0.377 e. The lowest BCUT2D eigenvalue weighted by Crippen LogP contribution is -2.54. The summed E-state index contributed by atoms with van der Waals surface area (Å²) in [6.07, 6.45) is 12.3. The van der Waals surface area contributed by atoms with E-state index in [1.54, 1.807) is 0 Å². The first-order valence-electron chi connectivity index (χ1n) is 7.80. The zero-order valence-electron chi connectivity index (χ0n) is 12.0. The molecule has 0 aromatic carbocycles. The average Bonchev–Trinajstić information content (AvgIpc) is 2.82. The third-order valence-electron chi connectivity index (χ3n) is 4.98. The number of rotatable bonds is 4. The van der Waals surface area contributed by atoms with Crippen LogP contribution in [-0.4, -0.2) is 43.3 Å². The Balaban J connectivity index is 1.94. The van der Waals surface area contributed by atoms with Crippen molar-refractivity contribution in [2.75, 3.05) is 26.7 Å². The Labute approximate surface area is 112 Å². The van der Waals surface area contributed by atoms with E-state index in [1.165, 1.54) is 57.8 Å². The lowest BCUT2D eigenvalue weighted by atomic mass is 9.82. The van der Waals surface area contributed by atoms with Crippen LogP contribution in [0.4, 0.5) is 0 Å². The second kappa shape index (κ2) is 6.88. The van der Waals surface area contributed by atoms with Crippen molar-refractivity contribution < 1.29 is 4.74 Å². The SMILES string of the molecule is CN(CC1CCCO1)C1(CN)CCCCCCC1. The van der Waals surface area contributed by atoms with Crippen molar-refractivity contribution in [1.29, 1.82) is 0 Å². The van der Waals surface area contributed by atoms with E-state index in [0.29, 0.717) is 6.10 Å². The summed E-state index contributed by atoms with van der Waals surface area (Å²) < 4.78 is 5.78. The Morgan fingerprint density at radius 2 is 1.78 bits per heavy atom. The topological polar surface area (TPSA) is 38.5 Å². The van der Waals surface area contributed by atoms with E-state index in [9.17, 15) is 0 Å². The highest BCUT2D eigenvalue weighted by atomic mass is 16.5. The van der Waals surface area contributed by atoms with Crippen LogP contribution >= 0.6 is 0 Å². The van der Waals surface area contributed by atoms with Gasteiger partial charge in [-0.25, -0.2) is 0 Å². The van der Waals surface area contributed by atoms with Crippen LogP contribution in [0.5, 0.6) is 0 Å². The van der Waals surface area contributed by atoms with E-state index in [0.717, 1.165) is 19.7 Å². The van der Waals surface area contributed by atoms with Gasteiger partial charge in [0.15, 0.2) is 0 Å². The lowest BCUT2D eigenvalue weighted by molar-refractivity contribution is 0.0254. The molecule has 1 aliphatic carbocycles. The number of likely N-dealkylation sites (N-methyl/N-ethyl adjacent to an activating group) is 1. The minimum absolute atomic E-state index is 0.242. The minimum atomic E-state index is 0.242. The highest BCUT2D eigenvalue weighted by molar-refractivity contribution is 4.92. The van der Waals surface area contributed by atoms with Crippen LogP contribution in [0.2, 0.25) is 0 Å². The molecule has 0 amide bonds. The summed E-state index contributed by atoms with van der Waals surface area (Å²) in [5.74, 6) is 0. The smallest absolute Gasteiger partial charge is 0.0702 e. The van der Waals surface area contributed by atoms with Crippen molar-refractivity contribution in [2.45, 2.75) is 69.4 Å². The molecule has 2 N–H and O–H groups in total. The molecular formula is C15H30N2O. The third-order valence-corrected chi connectivity index (χ3v) is 4.98. The normalized spacial score (nSPS) is 29.2. The summed E-state index contributed by atoms with van der Waals surface area (Å²) in [5.41, 5.74) is 6.39.